The van der Waals surface area contributed by atoms with Gasteiger partial charge in [-0.15, -0.1) is 0 Å². The maximum atomic E-state index is 11.3. The van der Waals surface area contributed by atoms with Crippen LogP contribution in [0, 0.1) is 10.1 Å². The average molecular weight is 331 g/mol. The molecule has 130 valence electrons. The zero-order valence-corrected chi connectivity index (χ0v) is 13.4. The Balaban J connectivity index is 3.45. The Labute approximate surface area is 133 Å². The van der Waals surface area contributed by atoms with Gasteiger partial charge in [0.2, 0.25) is 5.75 Å². The van der Waals surface area contributed by atoms with E-state index in [1.165, 1.54) is 27.4 Å². The lowest BCUT2D eigenvalue weighted by atomic mass is 10.0. The van der Waals surface area contributed by atoms with Gasteiger partial charge in [0.25, 0.3) is 0 Å². The van der Waals surface area contributed by atoms with Crippen LogP contribution in [0.5, 0.6) is 17.2 Å². The van der Waals surface area contributed by atoms with E-state index in [0.717, 1.165) is 0 Å². The molecule has 0 saturated carbocycles. The Kier molecular flexibility index (Phi) is 8.09. The van der Waals surface area contributed by atoms with Gasteiger partial charge in [0.05, 0.1) is 18.1 Å². The number of aliphatic hydroxyl groups is 1. The molecule has 0 saturated heterocycles. The Morgan fingerprint density at radius 2 is 1.78 bits per heavy atom. The maximum absolute atomic E-state index is 11.3. The van der Waals surface area contributed by atoms with Crippen molar-refractivity contribution in [1.82, 2.24) is 0 Å². The summed E-state index contributed by atoms with van der Waals surface area (Å²) in [5.41, 5.74) is 0.154. The fraction of sp³-hybridized carbons (Fsp3) is 0.571. The van der Waals surface area contributed by atoms with Crippen molar-refractivity contribution >= 4 is 5.69 Å². The third-order valence-corrected chi connectivity index (χ3v) is 2.91. The highest BCUT2D eigenvalue weighted by Crippen LogP contribution is 2.45. The minimum atomic E-state index is -0.577. The first kappa shape index (κ1) is 18.9. The summed E-state index contributed by atoms with van der Waals surface area (Å²) in [4.78, 5) is 10.8. The summed E-state index contributed by atoms with van der Waals surface area (Å²) >= 11 is 0. The zero-order valence-electron chi connectivity index (χ0n) is 13.4. The predicted octanol–water partition coefficient (Wildman–Crippen LogP) is 1.49. The number of nitrogens with zero attached hydrogens (tertiary/aromatic N) is 1. The van der Waals surface area contributed by atoms with Gasteiger partial charge in [-0.2, -0.15) is 0 Å². The summed E-state index contributed by atoms with van der Waals surface area (Å²) in [5.74, 6) is 0.498. The fourth-order valence-electron chi connectivity index (χ4n) is 2.01. The van der Waals surface area contributed by atoms with Crippen LogP contribution in [0.1, 0.15) is 12.0 Å². The topological polar surface area (TPSA) is 110 Å². The number of nitro groups is 1. The summed E-state index contributed by atoms with van der Waals surface area (Å²) in [6, 6.07) is 1.21. The summed E-state index contributed by atoms with van der Waals surface area (Å²) < 4.78 is 25.7. The Morgan fingerprint density at radius 3 is 2.30 bits per heavy atom. The molecule has 0 amide bonds. The van der Waals surface area contributed by atoms with Gasteiger partial charge < -0.3 is 28.8 Å². The quantitative estimate of drug-likeness (QED) is 0.369. The standard InChI is InChI=1S/C14H21NO8/c1-19-8-22-12-7-11(15(17)18)13(23-9-20-2)10(5-4-6-16)14(12)21-3/h7,16H,4-6,8-9H2,1-3H3. The Hall–Kier alpha value is -2.10. The molecule has 0 spiro atoms. The van der Waals surface area contributed by atoms with Gasteiger partial charge in [0.1, 0.15) is 0 Å². The summed E-state index contributed by atoms with van der Waals surface area (Å²) in [6.45, 7) is -0.330. The Morgan fingerprint density at radius 1 is 1.13 bits per heavy atom. The van der Waals surface area contributed by atoms with E-state index in [4.69, 9.17) is 28.8 Å². The number of aliphatic hydroxyl groups excluding tert-OH is 1. The molecule has 1 N–H and O–H groups in total. The molecule has 0 fully saturated rings. The van der Waals surface area contributed by atoms with E-state index in [-0.39, 0.29) is 37.4 Å². The second kappa shape index (κ2) is 9.82. The smallest absolute Gasteiger partial charge is 0.315 e. The van der Waals surface area contributed by atoms with Gasteiger partial charge in [0.15, 0.2) is 25.1 Å². The van der Waals surface area contributed by atoms with E-state index in [1.807, 2.05) is 0 Å². The van der Waals surface area contributed by atoms with Crippen LogP contribution in [0.25, 0.3) is 0 Å². The van der Waals surface area contributed by atoms with Crippen LogP contribution in [0.3, 0.4) is 0 Å². The molecular weight excluding hydrogens is 310 g/mol. The molecule has 1 aromatic carbocycles. The molecule has 0 bridgehead atoms. The van der Waals surface area contributed by atoms with Crippen LogP contribution in [-0.4, -0.2) is 51.6 Å². The van der Waals surface area contributed by atoms with Crippen LogP contribution in [0.15, 0.2) is 6.07 Å². The molecule has 9 nitrogen and oxygen atoms in total. The normalized spacial score (nSPS) is 10.4. The number of nitro benzene ring substituents is 1. The third kappa shape index (κ3) is 4.95. The first-order chi connectivity index (χ1) is 11.1. The van der Waals surface area contributed by atoms with E-state index < -0.39 is 4.92 Å². The van der Waals surface area contributed by atoms with Gasteiger partial charge in [-0.1, -0.05) is 0 Å². The molecule has 0 aliphatic heterocycles. The van der Waals surface area contributed by atoms with Gasteiger partial charge in [-0.05, 0) is 12.8 Å². The van der Waals surface area contributed by atoms with E-state index in [2.05, 4.69) is 0 Å². The maximum Gasteiger partial charge on any atom is 0.315 e. The average Bonchev–Trinajstić information content (AvgIpc) is 2.55. The third-order valence-electron chi connectivity index (χ3n) is 2.91. The van der Waals surface area contributed by atoms with E-state index in [9.17, 15) is 10.1 Å². The molecule has 0 aliphatic carbocycles. The molecular formula is C14H21NO8. The van der Waals surface area contributed by atoms with Crippen molar-refractivity contribution in [2.24, 2.45) is 0 Å². The largest absolute Gasteiger partial charge is 0.492 e. The van der Waals surface area contributed by atoms with E-state index in [1.54, 1.807) is 0 Å². The first-order valence-electron chi connectivity index (χ1n) is 6.83. The lowest BCUT2D eigenvalue weighted by molar-refractivity contribution is -0.386. The number of ether oxygens (including phenoxy) is 5. The number of methoxy groups -OCH3 is 3. The van der Waals surface area contributed by atoms with Crippen LogP contribution in [0.2, 0.25) is 0 Å². The van der Waals surface area contributed by atoms with Crippen LogP contribution in [-0.2, 0) is 15.9 Å². The van der Waals surface area contributed by atoms with Gasteiger partial charge in [-0.25, -0.2) is 0 Å². The molecule has 0 unspecified atom stereocenters. The monoisotopic (exact) mass is 331 g/mol. The summed E-state index contributed by atoms with van der Waals surface area (Å²) in [6.07, 6.45) is 0.689. The van der Waals surface area contributed by atoms with Gasteiger partial charge >= 0.3 is 5.69 Å². The second-order valence-corrected chi connectivity index (χ2v) is 4.42. The number of rotatable bonds is 11. The van der Waals surface area contributed by atoms with Gasteiger partial charge in [-0.3, -0.25) is 10.1 Å². The van der Waals surface area contributed by atoms with Crippen molar-refractivity contribution in [3.63, 3.8) is 0 Å². The van der Waals surface area contributed by atoms with Crippen molar-refractivity contribution in [3.8, 4) is 17.2 Å². The van der Waals surface area contributed by atoms with Crippen LogP contribution in [0.4, 0.5) is 5.69 Å². The molecule has 1 aromatic rings. The lowest BCUT2D eigenvalue weighted by Crippen LogP contribution is -2.09. The second-order valence-electron chi connectivity index (χ2n) is 4.42. The van der Waals surface area contributed by atoms with Crippen LogP contribution >= 0.6 is 0 Å². The molecule has 0 aliphatic rings. The Bertz CT molecular complexity index is 520. The minimum Gasteiger partial charge on any atom is -0.492 e. The van der Waals surface area contributed by atoms with Crippen LogP contribution < -0.4 is 14.2 Å². The van der Waals surface area contributed by atoms with Crippen molar-refractivity contribution in [1.29, 1.82) is 0 Å². The predicted molar refractivity (Wildman–Crippen MR) is 80.1 cm³/mol. The zero-order chi connectivity index (χ0) is 17.2. The van der Waals surface area contributed by atoms with Crippen molar-refractivity contribution in [3.05, 3.63) is 21.7 Å². The van der Waals surface area contributed by atoms with Crippen molar-refractivity contribution in [2.45, 2.75) is 12.8 Å². The highest BCUT2D eigenvalue weighted by atomic mass is 16.7. The molecule has 9 heteroatoms. The highest BCUT2D eigenvalue weighted by molar-refractivity contribution is 5.64. The first-order valence-corrected chi connectivity index (χ1v) is 6.83. The molecule has 0 heterocycles. The minimum absolute atomic E-state index is 0.0342. The van der Waals surface area contributed by atoms with E-state index in [0.29, 0.717) is 24.2 Å². The number of benzene rings is 1. The molecule has 0 atom stereocenters. The molecule has 0 radical (unpaired) electrons. The number of hydrogen-bond donors (Lipinski definition) is 1. The van der Waals surface area contributed by atoms with Crippen molar-refractivity contribution in [2.75, 3.05) is 41.5 Å². The van der Waals surface area contributed by atoms with Gasteiger partial charge in [0, 0.05) is 26.4 Å². The lowest BCUT2D eigenvalue weighted by Gasteiger charge is -2.18. The highest BCUT2D eigenvalue weighted by Gasteiger charge is 2.27. The molecule has 0 aromatic heterocycles. The summed E-state index contributed by atoms with van der Waals surface area (Å²) in [7, 11) is 4.26. The van der Waals surface area contributed by atoms with Crippen molar-refractivity contribution < 1.29 is 33.7 Å². The molecule has 1 rings (SSSR count). The summed E-state index contributed by atoms with van der Waals surface area (Å²) in [5, 5.41) is 20.4. The molecule has 23 heavy (non-hydrogen) atoms. The van der Waals surface area contributed by atoms with E-state index >= 15 is 0 Å². The fourth-order valence-corrected chi connectivity index (χ4v) is 2.01. The SMILES string of the molecule is COCOc1cc([N+](=O)[O-])c(OCOC)c(CCCO)c1OC. The number of hydrogen-bond acceptors (Lipinski definition) is 8.